The van der Waals surface area contributed by atoms with Gasteiger partial charge in [-0.05, 0) is 48.4 Å². The summed E-state index contributed by atoms with van der Waals surface area (Å²) in [6.45, 7) is 2.21. The average Bonchev–Trinajstić information content (AvgIpc) is 3.13. The highest BCUT2D eigenvalue weighted by molar-refractivity contribution is 5.83. The van der Waals surface area contributed by atoms with Crippen LogP contribution in [0.5, 0.6) is 0 Å². The summed E-state index contributed by atoms with van der Waals surface area (Å²) in [7, 11) is 0. The predicted octanol–water partition coefficient (Wildman–Crippen LogP) is 4.19. The van der Waals surface area contributed by atoms with Crippen LogP contribution in [0.3, 0.4) is 0 Å². The second-order valence-electron chi connectivity index (χ2n) is 6.21. The Balaban J connectivity index is 1.61. The molecule has 0 spiro atoms. The number of aromatic nitrogens is 3. The van der Waals surface area contributed by atoms with Gasteiger partial charge in [-0.2, -0.15) is 0 Å². The maximum Gasteiger partial charge on any atom is 0.310 e. The zero-order chi connectivity index (χ0) is 18.6. The van der Waals surface area contributed by atoms with Crippen LogP contribution in [0, 0.1) is 0 Å². The fraction of sp³-hybridized carbons (Fsp3) is 0.136. The molecule has 2 aromatic carbocycles. The van der Waals surface area contributed by atoms with Gasteiger partial charge in [0.15, 0.2) is 0 Å². The molecular weight excluding hydrogens is 338 g/mol. The first-order valence-corrected chi connectivity index (χ1v) is 8.87. The van der Waals surface area contributed by atoms with E-state index in [-0.39, 0.29) is 12.4 Å². The van der Waals surface area contributed by atoms with Gasteiger partial charge in [0.25, 0.3) is 0 Å². The highest BCUT2D eigenvalue weighted by Crippen LogP contribution is 2.25. The molecule has 0 aliphatic heterocycles. The maximum absolute atomic E-state index is 11.6. The summed E-state index contributed by atoms with van der Waals surface area (Å²) in [6, 6.07) is 18.0. The monoisotopic (exact) mass is 357 g/mol. The lowest BCUT2D eigenvalue weighted by Gasteiger charge is -2.07. The number of carbonyl (C=O) groups is 1. The predicted molar refractivity (Wildman–Crippen MR) is 105 cm³/mol. The third-order valence-electron chi connectivity index (χ3n) is 4.41. The van der Waals surface area contributed by atoms with Crippen molar-refractivity contribution in [3.63, 3.8) is 0 Å². The highest BCUT2D eigenvalue weighted by Gasteiger charge is 2.08. The van der Waals surface area contributed by atoms with Gasteiger partial charge in [0.2, 0.25) is 0 Å². The van der Waals surface area contributed by atoms with Crippen LogP contribution in [0.4, 0.5) is 0 Å². The molecule has 0 radical (unpaired) electrons. The number of ether oxygens (including phenoxy) is 1. The lowest BCUT2D eigenvalue weighted by molar-refractivity contribution is -0.142. The summed E-state index contributed by atoms with van der Waals surface area (Å²) in [6.07, 6.45) is 5.72. The van der Waals surface area contributed by atoms with Crippen LogP contribution >= 0.6 is 0 Å². The topological polar surface area (TPSA) is 57.0 Å². The number of carbonyl (C=O) groups excluding carboxylic acids is 1. The van der Waals surface area contributed by atoms with Crippen molar-refractivity contribution in [1.29, 1.82) is 0 Å². The normalized spacial score (nSPS) is 10.9. The highest BCUT2D eigenvalue weighted by atomic mass is 16.5. The number of hydrogen-bond acceptors (Lipinski definition) is 4. The number of hydrogen-bond donors (Lipinski definition) is 0. The molecule has 2 aromatic heterocycles. The van der Waals surface area contributed by atoms with Crippen molar-refractivity contribution < 1.29 is 9.53 Å². The van der Waals surface area contributed by atoms with Crippen LogP contribution in [0.15, 0.2) is 73.3 Å². The molecule has 5 nitrogen and oxygen atoms in total. The van der Waals surface area contributed by atoms with E-state index in [1.54, 1.807) is 6.20 Å². The van der Waals surface area contributed by atoms with Gasteiger partial charge in [-0.3, -0.25) is 14.3 Å². The largest absolute Gasteiger partial charge is 0.466 e. The van der Waals surface area contributed by atoms with E-state index in [2.05, 4.69) is 28.2 Å². The number of benzene rings is 2. The average molecular weight is 357 g/mol. The van der Waals surface area contributed by atoms with Crippen LogP contribution in [0.1, 0.15) is 12.5 Å². The zero-order valence-electron chi connectivity index (χ0n) is 15.0. The van der Waals surface area contributed by atoms with Gasteiger partial charge in [0, 0.05) is 23.6 Å². The number of nitrogens with zero attached hydrogens (tertiary/aromatic N) is 3. The number of fused-ring (bicyclic) bond motifs is 1. The second kappa shape index (κ2) is 7.41. The summed E-state index contributed by atoms with van der Waals surface area (Å²) < 4.78 is 7.03. The Hall–Kier alpha value is -3.47. The summed E-state index contributed by atoms with van der Waals surface area (Å²) in [5, 5.41) is 0. The molecule has 0 saturated carbocycles. The molecule has 0 unspecified atom stereocenters. The first-order valence-electron chi connectivity index (χ1n) is 8.87. The van der Waals surface area contributed by atoms with Crippen molar-refractivity contribution in [2.75, 3.05) is 6.61 Å². The van der Waals surface area contributed by atoms with Gasteiger partial charge in [-0.25, -0.2) is 4.98 Å². The Morgan fingerprint density at radius 2 is 1.93 bits per heavy atom. The summed E-state index contributed by atoms with van der Waals surface area (Å²) in [4.78, 5) is 20.3. The number of imidazole rings is 1. The van der Waals surface area contributed by atoms with E-state index < -0.39 is 0 Å². The minimum absolute atomic E-state index is 0.207. The molecule has 0 amide bonds. The molecule has 0 aliphatic rings. The van der Waals surface area contributed by atoms with Crippen molar-refractivity contribution in [3.05, 3.63) is 78.9 Å². The van der Waals surface area contributed by atoms with Gasteiger partial charge in [-0.15, -0.1) is 0 Å². The van der Waals surface area contributed by atoms with Crippen molar-refractivity contribution >= 4 is 17.0 Å². The van der Waals surface area contributed by atoms with E-state index in [1.807, 2.05) is 60.4 Å². The quantitative estimate of drug-likeness (QED) is 0.503. The zero-order valence-corrected chi connectivity index (χ0v) is 15.0. The van der Waals surface area contributed by atoms with E-state index in [0.717, 1.165) is 33.4 Å². The van der Waals surface area contributed by atoms with E-state index >= 15 is 0 Å². The van der Waals surface area contributed by atoms with E-state index in [0.29, 0.717) is 6.61 Å². The van der Waals surface area contributed by atoms with Crippen molar-refractivity contribution in [2.24, 2.45) is 0 Å². The van der Waals surface area contributed by atoms with Gasteiger partial charge < -0.3 is 4.74 Å². The molecular formula is C22H19N3O2. The first kappa shape index (κ1) is 17.0. The SMILES string of the molecule is CCOC(=O)Cc1ccc(-n2cnc3cc(-c4cccnc4)ccc32)cc1. The summed E-state index contributed by atoms with van der Waals surface area (Å²) >= 11 is 0. The van der Waals surface area contributed by atoms with E-state index in [1.165, 1.54) is 0 Å². The Morgan fingerprint density at radius 1 is 1.07 bits per heavy atom. The number of esters is 1. The fourth-order valence-electron chi connectivity index (χ4n) is 3.08. The third kappa shape index (κ3) is 3.58. The van der Waals surface area contributed by atoms with Crippen LogP contribution in [-0.4, -0.2) is 27.1 Å². The Kier molecular flexibility index (Phi) is 4.66. The van der Waals surface area contributed by atoms with Gasteiger partial charge in [-0.1, -0.05) is 24.3 Å². The molecule has 134 valence electrons. The van der Waals surface area contributed by atoms with E-state index in [4.69, 9.17) is 4.74 Å². The lowest BCUT2D eigenvalue weighted by Crippen LogP contribution is -2.07. The summed E-state index contributed by atoms with van der Waals surface area (Å²) in [5.74, 6) is -0.207. The Labute approximate surface area is 157 Å². The molecule has 5 heteroatoms. The fourth-order valence-corrected chi connectivity index (χ4v) is 3.08. The minimum atomic E-state index is -0.207. The van der Waals surface area contributed by atoms with Crippen molar-refractivity contribution in [3.8, 4) is 16.8 Å². The third-order valence-corrected chi connectivity index (χ3v) is 4.41. The van der Waals surface area contributed by atoms with Gasteiger partial charge in [0.05, 0.1) is 24.1 Å². The second-order valence-corrected chi connectivity index (χ2v) is 6.21. The Morgan fingerprint density at radius 3 is 2.67 bits per heavy atom. The number of pyridine rings is 1. The molecule has 2 heterocycles. The van der Waals surface area contributed by atoms with Crippen molar-refractivity contribution in [2.45, 2.75) is 13.3 Å². The Bertz CT molecular complexity index is 1070. The first-order chi connectivity index (χ1) is 13.2. The summed E-state index contributed by atoms with van der Waals surface area (Å²) in [5.41, 5.74) is 6.04. The molecule has 4 rings (SSSR count). The van der Waals surface area contributed by atoms with E-state index in [9.17, 15) is 4.79 Å². The van der Waals surface area contributed by atoms with Crippen LogP contribution in [0.2, 0.25) is 0 Å². The molecule has 0 N–H and O–H groups in total. The van der Waals surface area contributed by atoms with Crippen molar-refractivity contribution in [1.82, 2.24) is 14.5 Å². The molecule has 0 aliphatic carbocycles. The van der Waals surface area contributed by atoms with Crippen LogP contribution < -0.4 is 0 Å². The van der Waals surface area contributed by atoms with Gasteiger partial charge in [0.1, 0.15) is 6.33 Å². The number of rotatable bonds is 5. The standard InChI is InChI=1S/C22H19N3O2/c1-2-27-22(26)12-16-5-8-19(9-6-16)25-15-24-20-13-17(7-10-21(20)25)18-4-3-11-23-14-18/h3-11,13-15H,2,12H2,1H3. The molecule has 0 bridgehead atoms. The molecule has 0 atom stereocenters. The lowest BCUT2D eigenvalue weighted by atomic mass is 10.1. The minimum Gasteiger partial charge on any atom is -0.466 e. The molecule has 0 fully saturated rings. The molecule has 0 saturated heterocycles. The molecule has 27 heavy (non-hydrogen) atoms. The van der Waals surface area contributed by atoms with Gasteiger partial charge >= 0.3 is 5.97 Å². The van der Waals surface area contributed by atoms with Crippen LogP contribution in [-0.2, 0) is 16.0 Å². The van der Waals surface area contributed by atoms with Crippen LogP contribution in [0.25, 0.3) is 27.8 Å². The molecule has 4 aromatic rings. The maximum atomic E-state index is 11.6. The smallest absolute Gasteiger partial charge is 0.310 e.